The van der Waals surface area contributed by atoms with Crippen molar-refractivity contribution in [3.8, 4) is 62.1 Å². The summed E-state index contributed by atoms with van der Waals surface area (Å²) in [6.45, 7) is 0. The SMILES string of the molecule is [2H]c1c([2H])c([2H])c(-n2c3c([2H])c([2H])c([2H])c([2H])c3c3c([2H])c(-c4c([2H])c([2H])c(-c5ccc6c(c5)oc5cc(-c7nc(-c8ccccc8)nc(-c8ccccc8)n7)ccc56)c([2H])c4[2H])c([2H])c([2H])c32)c([2H])c1[2H]. The molecule has 5 heteroatoms. The van der Waals surface area contributed by atoms with Gasteiger partial charge in [0.2, 0.25) is 0 Å². The maximum absolute atomic E-state index is 9.58. The van der Waals surface area contributed by atoms with Gasteiger partial charge in [-0.1, -0.05) is 139 Å². The minimum atomic E-state index is -0.805. The van der Waals surface area contributed by atoms with Crippen LogP contribution in [0.5, 0.6) is 0 Å². The van der Waals surface area contributed by atoms with Crippen LogP contribution in [0, 0.1) is 0 Å². The zero-order chi connectivity index (χ0) is 50.9. The fourth-order valence-electron chi connectivity index (χ4n) is 6.81. The topological polar surface area (TPSA) is 56.7 Å². The molecule has 56 heavy (non-hydrogen) atoms. The number of furan rings is 1. The molecule has 3 aromatic heterocycles. The maximum Gasteiger partial charge on any atom is 0.164 e. The molecule has 0 amide bonds. The molecule has 0 spiro atoms. The first-order valence-electron chi connectivity index (χ1n) is 25.5. The number of hydrogen-bond donors (Lipinski definition) is 0. The molecule has 3 heterocycles. The van der Waals surface area contributed by atoms with E-state index >= 15 is 0 Å². The van der Waals surface area contributed by atoms with Crippen molar-refractivity contribution in [1.82, 2.24) is 19.5 Å². The molecule has 0 N–H and O–H groups in total. The molecule has 0 bridgehead atoms. The highest BCUT2D eigenvalue weighted by atomic mass is 16.3. The van der Waals surface area contributed by atoms with Crippen LogP contribution in [0.15, 0.2) is 198 Å². The first-order chi connectivity index (χ1) is 34.4. The molecule has 0 fully saturated rings. The van der Waals surface area contributed by atoms with Gasteiger partial charge in [0.15, 0.2) is 17.5 Å². The van der Waals surface area contributed by atoms with Crippen LogP contribution in [-0.4, -0.2) is 19.5 Å². The van der Waals surface area contributed by atoms with Crippen LogP contribution in [0.2, 0.25) is 0 Å². The number of para-hydroxylation sites is 2. The Labute approximate surface area is 345 Å². The van der Waals surface area contributed by atoms with Crippen LogP contribution >= 0.6 is 0 Å². The predicted octanol–water partition coefficient (Wildman–Crippen LogP) is 13.2. The van der Waals surface area contributed by atoms with Crippen LogP contribution in [0.4, 0.5) is 0 Å². The van der Waals surface area contributed by atoms with Gasteiger partial charge in [-0.3, -0.25) is 0 Å². The highest BCUT2D eigenvalue weighted by molar-refractivity contribution is 6.10. The van der Waals surface area contributed by atoms with Gasteiger partial charge >= 0.3 is 0 Å². The molecular formula is C51H32N4O. The fraction of sp³-hybridized carbons (Fsp3) is 0. The zero-order valence-corrected chi connectivity index (χ0v) is 28.9. The Bertz CT molecular complexity index is 4060. The third-order valence-electron chi connectivity index (χ3n) is 9.46. The molecule has 0 unspecified atom stereocenters. The Morgan fingerprint density at radius 3 is 1.57 bits per heavy atom. The lowest BCUT2D eigenvalue weighted by Crippen LogP contribution is -2.00. The van der Waals surface area contributed by atoms with E-state index in [4.69, 9.17) is 31.7 Å². The highest BCUT2D eigenvalue weighted by Crippen LogP contribution is 2.37. The summed E-state index contributed by atoms with van der Waals surface area (Å²) in [7, 11) is 0. The zero-order valence-electron chi connectivity index (χ0n) is 44.9. The van der Waals surface area contributed by atoms with Gasteiger partial charge in [0.25, 0.3) is 0 Å². The molecule has 0 aliphatic carbocycles. The van der Waals surface area contributed by atoms with E-state index in [1.165, 1.54) is 0 Å². The maximum atomic E-state index is 9.58. The van der Waals surface area contributed by atoms with Gasteiger partial charge in [-0.25, -0.2) is 15.0 Å². The molecule has 0 aliphatic rings. The lowest BCUT2D eigenvalue weighted by Gasteiger charge is -2.08. The Balaban J connectivity index is 1.07. The summed E-state index contributed by atoms with van der Waals surface area (Å²) < 4.78 is 150. The fourth-order valence-corrected chi connectivity index (χ4v) is 6.81. The van der Waals surface area contributed by atoms with Crippen molar-refractivity contribution in [2.45, 2.75) is 0 Å². The van der Waals surface area contributed by atoms with Gasteiger partial charge < -0.3 is 8.98 Å². The van der Waals surface area contributed by atoms with Crippen molar-refractivity contribution in [2.24, 2.45) is 0 Å². The van der Waals surface area contributed by atoms with Crippen LogP contribution in [-0.2, 0) is 0 Å². The predicted molar refractivity (Wildman–Crippen MR) is 229 cm³/mol. The smallest absolute Gasteiger partial charge is 0.164 e. The Kier molecular flexibility index (Phi) is 4.57. The van der Waals surface area contributed by atoms with Gasteiger partial charge in [-0.05, 0) is 76.7 Å². The van der Waals surface area contributed by atoms with E-state index in [0.717, 1.165) is 21.1 Å². The molecule has 8 aromatic carbocycles. The molecule has 262 valence electrons. The average molecular weight is 733 g/mol. The largest absolute Gasteiger partial charge is 0.456 e. The number of rotatable bonds is 6. The van der Waals surface area contributed by atoms with E-state index in [9.17, 15) is 9.60 Å². The minimum Gasteiger partial charge on any atom is -0.456 e. The van der Waals surface area contributed by atoms with E-state index in [1.54, 1.807) is 24.3 Å². The summed E-state index contributed by atoms with van der Waals surface area (Å²) in [5.41, 5.74) is 0.589. The van der Waals surface area contributed by atoms with Gasteiger partial charge in [-0.15, -0.1) is 0 Å². The molecule has 0 saturated carbocycles. The van der Waals surface area contributed by atoms with E-state index in [-0.39, 0.29) is 16.5 Å². The molecule has 0 aliphatic heterocycles. The summed E-state index contributed by atoms with van der Waals surface area (Å²) in [6, 6.07) is 18.0. The third-order valence-corrected chi connectivity index (χ3v) is 9.46. The van der Waals surface area contributed by atoms with Gasteiger partial charge in [0.05, 0.1) is 33.0 Å². The normalized spacial score (nSPS) is 15.6. The standard InChI is InChI=1S/C51H32N4O/c1-4-12-35(13-5-1)49-52-50(36-14-6-2-7-15-36)54-51(53-49)39-25-28-43-42-27-24-38(31-47(42)56-48(43)32-39)34-22-20-33(21-23-34)37-26-29-46-44(30-37)41-18-10-11-19-45(41)55(46)40-16-8-3-9-17-40/h1-32H/i3D,8D,9D,10D,11D,16D,17D,18D,19D,20D,21D,22D,23D,26D,29D,30D. The molecule has 0 radical (unpaired) electrons. The summed E-state index contributed by atoms with van der Waals surface area (Å²) in [5.74, 6) is 1.37. The summed E-state index contributed by atoms with van der Waals surface area (Å²) in [5, 5.41) is 0.638. The van der Waals surface area contributed by atoms with Crippen molar-refractivity contribution in [1.29, 1.82) is 0 Å². The second-order valence-corrected chi connectivity index (χ2v) is 12.8. The van der Waals surface area contributed by atoms with E-state index in [2.05, 4.69) is 0 Å². The third kappa shape index (κ3) is 5.45. The van der Waals surface area contributed by atoms with E-state index in [1.807, 2.05) is 72.8 Å². The van der Waals surface area contributed by atoms with Crippen molar-refractivity contribution >= 4 is 43.7 Å². The first-order valence-corrected chi connectivity index (χ1v) is 17.5. The number of aromatic nitrogens is 4. The lowest BCUT2D eigenvalue weighted by atomic mass is 9.98. The summed E-state index contributed by atoms with van der Waals surface area (Å²) >= 11 is 0. The Morgan fingerprint density at radius 1 is 0.393 bits per heavy atom. The Morgan fingerprint density at radius 2 is 0.911 bits per heavy atom. The molecular weight excluding hydrogens is 685 g/mol. The molecule has 5 nitrogen and oxygen atoms in total. The summed E-state index contributed by atoms with van der Waals surface area (Å²) in [6.07, 6.45) is 0. The lowest BCUT2D eigenvalue weighted by molar-refractivity contribution is 0.669. The van der Waals surface area contributed by atoms with Crippen LogP contribution in [0.25, 0.3) is 106 Å². The number of benzene rings is 8. The van der Waals surface area contributed by atoms with E-state index < -0.39 is 130 Å². The monoisotopic (exact) mass is 732 g/mol. The van der Waals surface area contributed by atoms with Crippen LogP contribution < -0.4 is 0 Å². The highest BCUT2D eigenvalue weighted by Gasteiger charge is 2.16. The van der Waals surface area contributed by atoms with Crippen LogP contribution in [0.3, 0.4) is 0 Å². The Hall–Kier alpha value is -7.63. The minimum absolute atomic E-state index is 0.138. The van der Waals surface area contributed by atoms with Crippen molar-refractivity contribution in [3.63, 3.8) is 0 Å². The molecule has 0 saturated heterocycles. The molecule has 11 aromatic rings. The van der Waals surface area contributed by atoms with Crippen molar-refractivity contribution in [3.05, 3.63) is 194 Å². The number of hydrogen-bond acceptors (Lipinski definition) is 4. The molecule has 0 atom stereocenters. The van der Waals surface area contributed by atoms with E-state index in [0.29, 0.717) is 39.6 Å². The molecule has 11 rings (SSSR count). The summed E-state index contributed by atoms with van der Waals surface area (Å²) in [4.78, 5) is 14.4. The van der Waals surface area contributed by atoms with Crippen molar-refractivity contribution < 1.29 is 26.3 Å². The van der Waals surface area contributed by atoms with Gasteiger partial charge in [-0.2, -0.15) is 0 Å². The number of nitrogens with zero attached hydrogens (tertiary/aromatic N) is 4. The second kappa shape index (κ2) is 13.0. The van der Waals surface area contributed by atoms with Crippen LogP contribution in [0.1, 0.15) is 21.9 Å². The first kappa shape index (κ1) is 19.6. The van der Waals surface area contributed by atoms with Gasteiger partial charge in [0, 0.05) is 43.9 Å². The average Bonchev–Trinajstić information content (AvgIpc) is 3.95. The quantitative estimate of drug-likeness (QED) is 0.171. The second-order valence-electron chi connectivity index (χ2n) is 12.8. The van der Waals surface area contributed by atoms with Crippen molar-refractivity contribution in [2.75, 3.05) is 0 Å². The van der Waals surface area contributed by atoms with Gasteiger partial charge in [0.1, 0.15) is 11.2 Å². The number of fused-ring (bicyclic) bond motifs is 6.